The molecule has 0 aromatic carbocycles. The number of likely N-dealkylation sites (tertiary alicyclic amines) is 1. The maximum Gasteiger partial charge on any atom is 0.219 e. The van der Waals surface area contributed by atoms with Crippen molar-refractivity contribution in [2.24, 2.45) is 23.5 Å². The molecule has 5 nitrogen and oxygen atoms in total. The largest absolute Gasteiger partial charge is 0.376 e. The number of carbonyl (C=O) groups excluding carboxylic acids is 1. The highest BCUT2D eigenvalue weighted by Crippen LogP contribution is 2.32. The van der Waals surface area contributed by atoms with Gasteiger partial charge in [0.05, 0.1) is 18.8 Å². The number of hydrogen-bond acceptors (Lipinski definition) is 4. The Labute approximate surface area is 147 Å². The van der Waals surface area contributed by atoms with Crippen LogP contribution in [0.2, 0.25) is 0 Å². The molecule has 5 heteroatoms. The van der Waals surface area contributed by atoms with E-state index < -0.39 is 0 Å². The number of nitrogens with two attached hydrogens (primary N) is 1. The molecular weight excluding hydrogens is 302 g/mol. The third kappa shape index (κ3) is 4.93. The maximum absolute atomic E-state index is 12.0. The van der Waals surface area contributed by atoms with Gasteiger partial charge in [0.15, 0.2) is 0 Å². The molecule has 0 bridgehead atoms. The van der Waals surface area contributed by atoms with E-state index >= 15 is 0 Å². The fraction of sp³-hybridized carbons (Fsp3) is 0.947. The van der Waals surface area contributed by atoms with Gasteiger partial charge in [0.25, 0.3) is 0 Å². The molecule has 2 aliphatic rings. The van der Waals surface area contributed by atoms with Crippen molar-refractivity contribution in [3.8, 4) is 0 Å². The Bertz CT molecular complexity index is 394. The zero-order valence-corrected chi connectivity index (χ0v) is 16.0. The van der Waals surface area contributed by atoms with E-state index in [1.54, 1.807) is 6.92 Å². The smallest absolute Gasteiger partial charge is 0.219 e. The lowest BCUT2D eigenvalue weighted by atomic mass is 9.80. The van der Waals surface area contributed by atoms with Crippen molar-refractivity contribution in [2.45, 2.75) is 71.1 Å². The molecule has 3 N–H and O–H groups in total. The molecule has 1 aliphatic heterocycles. The molecule has 1 heterocycles. The fourth-order valence-corrected chi connectivity index (χ4v) is 4.43. The lowest BCUT2D eigenvalue weighted by Gasteiger charge is -2.44. The number of hydrogen-bond donors (Lipinski definition) is 2. The van der Waals surface area contributed by atoms with E-state index in [0.717, 1.165) is 44.2 Å². The number of nitrogens with zero attached hydrogens (tertiary/aromatic N) is 1. The first-order chi connectivity index (χ1) is 11.4. The normalized spacial score (nSPS) is 34.6. The minimum atomic E-state index is -0.0119. The second-order valence-corrected chi connectivity index (χ2v) is 8.08. The van der Waals surface area contributed by atoms with Crippen LogP contribution in [0.15, 0.2) is 0 Å². The molecule has 1 aliphatic carbocycles. The van der Waals surface area contributed by atoms with E-state index in [-0.39, 0.29) is 18.0 Å². The predicted octanol–water partition coefficient (Wildman–Crippen LogP) is 2.00. The number of ether oxygens (including phenoxy) is 1. The number of rotatable bonds is 6. The Morgan fingerprint density at radius 1 is 1.25 bits per heavy atom. The van der Waals surface area contributed by atoms with E-state index in [1.165, 1.54) is 12.8 Å². The molecule has 0 aromatic heterocycles. The molecule has 2 fully saturated rings. The monoisotopic (exact) mass is 339 g/mol. The third-order valence-corrected chi connectivity index (χ3v) is 6.16. The van der Waals surface area contributed by atoms with Gasteiger partial charge in [-0.1, -0.05) is 13.8 Å². The van der Waals surface area contributed by atoms with Crippen LogP contribution in [0.4, 0.5) is 0 Å². The molecule has 140 valence electrons. The fourth-order valence-electron chi connectivity index (χ4n) is 4.43. The van der Waals surface area contributed by atoms with Crippen LogP contribution >= 0.6 is 0 Å². The highest BCUT2D eigenvalue weighted by molar-refractivity contribution is 5.73. The molecule has 3 atom stereocenters. The Hall–Kier alpha value is -0.650. The minimum absolute atomic E-state index is 0.0115. The molecule has 24 heavy (non-hydrogen) atoms. The van der Waals surface area contributed by atoms with Gasteiger partial charge in [-0.15, -0.1) is 0 Å². The van der Waals surface area contributed by atoms with Gasteiger partial charge in [0.2, 0.25) is 5.91 Å². The molecule has 1 amide bonds. The van der Waals surface area contributed by atoms with Gasteiger partial charge < -0.3 is 20.7 Å². The minimum Gasteiger partial charge on any atom is -0.376 e. The first kappa shape index (κ1) is 19.7. The predicted molar refractivity (Wildman–Crippen MR) is 97.7 cm³/mol. The van der Waals surface area contributed by atoms with Crippen LogP contribution in [-0.4, -0.2) is 55.7 Å². The van der Waals surface area contributed by atoms with Crippen molar-refractivity contribution >= 4 is 5.91 Å². The quantitative estimate of drug-likeness (QED) is 0.777. The van der Waals surface area contributed by atoms with Crippen molar-refractivity contribution in [3.63, 3.8) is 0 Å². The molecule has 0 aromatic rings. The summed E-state index contributed by atoms with van der Waals surface area (Å²) in [6.07, 6.45) is 6.12. The van der Waals surface area contributed by atoms with Crippen LogP contribution in [0.25, 0.3) is 0 Å². The van der Waals surface area contributed by atoms with E-state index in [9.17, 15) is 4.79 Å². The number of nitrogens with one attached hydrogen (secondary N) is 1. The van der Waals surface area contributed by atoms with Gasteiger partial charge >= 0.3 is 0 Å². The maximum atomic E-state index is 12.0. The van der Waals surface area contributed by atoms with Crippen LogP contribution in [-0.2, 0) is 9.53 Å². The molecule has 0 radical (unpaired) electrons. The summed E-state index contributed by atoms with van der Waals surface area (Å²) in [5, 5.41) is 3.23. The van der Waals surface area contributed by atoms with E-state index in [0.29, 0.717) is 18.6 Å². The van der Waals surface area contributed by atoms with E-state index in [2.05, 4.69) is 19.2 Å². The Kier molecular flexibility index (Phi) is 7.51. The Morgan fingerprint density at radius 2 is 1.92 bits per heavy atom. The molecule has 0 spiro atoms. The van der Waals surface area contributed by atoms with E-state index in [1.807, 2.05) is 11.9 Å². The average Bonchev–Trinajstić information content (AvgIpc) is 2.55. The average molecular weight is 340 g/mol. The van der Waals surface area contributed by atoms with Crippen molar-refractivity contribution in [1.29, 1.82) is 0 Å². The van der Waals surface area contributed by atoms with Crippen molar-refractivity contribution in [3.05, 3.63) is 0 Å². The molecule has 2 rings (SSSR count). The standard InChI is InChI=1S/C19H37N3O2/c1-13(2)15-5-7-17(8-6-15)24-12-18-19(20)16(11-21-4)9-10-22(18)14(3)23/h13,15-19,21H,5-12,20H2,1-4H3/t15-,16?,17+,18-,19-/m0/s1. The number of amides is 1. The number of carbonyl (C=O) groups is 1. The number of piperidine rings is 1. The summed E-state index contributed by atoms with van der Waals surface area (Å²) >= 11 is 0. The molecule has 1 saturated carbocycles. The Balaban J connectivity index is 1.88. The molecular formula is C19H37N3O2. The van der Waals surface area contributed by atoms with Gasteiger partial charge in [0.1, 0.15) is 0 Å². The van der Waals surface area contributed by atoms with Crippen LogP contribution in [0.5, 0.6) is 0 Å². The van der Waals surface area contributed by atoms with E-state index in [4.69, 9.17) is 10.5 Å². The van der Waals surface area contributed by atoms with Crippen molar-refractivity contribution in [2.75, 3.05) is 26.7 Å². The highest BCUT2D eigenvalue weighted by atomic mass is 16.5. The van der Waals surface area contributed by atoms with Gasteiger partial charge in [0, 0.05) is 19.5 Å². The molecule has 1 saturated heterocycles. The summed E-state index contributed by atoms with van der Waals surface area (Å²) in [6, 6.07) is -0.000440. The first-order valence-electron chi connectivity index (χ1n) is 9.73. The highest BCUT2D eigenvalue weighted by Gasteiger charge is 2.37. The summed E-state index contributed by atoms with van der Waals surface area (Å²) in [5.41, 5.74) is 6.50. The van der Waals surface area contributed by atoms with Crippen LogP contribution < -0.4 is 11.1 Å². The Morgan fingerprint density at radius 3 is 2.46 bits per heavy atom. The van der Waals surface area contributed by atoms with Gasteiger partial charge in [-0.25, -0.2) is 0 Å². The van der Waals surface area contributed by atoms with Gasteiger partial charge in [-0.3, -0.25) is 4.79 Å². The summed E-state index contributed by atoms with van der Waals surface area (Å²) in [6.45, 7) is 8.56. The molecule has 1 unspecified atom stereocenters. The second kappa shape index (κ2) is 9.16. The van der Waals surface area contributed by atoms with Crippen LogP contribution in [0.3, 0.4) is 0 Å². The SMILES string of the molecule is CNCC1CCN(C(C)=O)[C@@H](CO[C@H]2CC[C@@H](C(C)C)CC2)[C@H]1N. The summed E-state index contributed by atoms with van der Waals surface area (Å²) in [5.74, 6) is 2.14. The third-order valence-electron chi connectivity index (χ3n) is 6.16. The van der Waals surface area contributed by atoms with Crippen LogP contribution in [0, 0.1) is 17.8 Å². The summed E-state index contributed by atoms with van der Waals surface area (Å²) in [7, 11) is 1.96. The zero-order valence-electron chi connectivity index (χ0n) is 16.0. The van der Waals surface area contributed by atoms with Crippen molar-refractivity contribution < 1.29 is 9.53 Å². The summed E-state index contributed by atoms with van der Waals surface area (Å²) < 4.78 is 6.23. The van der Waals surface area contributed by atoms with Crippen LogP contribution in [0.1, 0.15) is 52.9 Å². The summed E-state index contributed by atoms with van der Waals surface area (Å²) in [4.78, 5) is 13.9. The zero-order chi connectivity index (χ0) is 17.7. The second-order valence-electron chi connectivity index (χ2n) is 8.08. The van der Waals surface area contributed by atoms with Gasteiger partial charge in [-0.05, 0) is 63.5 Å². The van der Waals surface area contributed by atoms with Crippen molar-refractivity contribution in [1.82, 2.24) is 10.2 Å². The lowest BCUT2D eigenvalue weighted by molar-refractivity contribution is -0.137. The van der Waals surface area contributed by atoms with Gasteiger partial charge in [-0.2, -0.15) is 0 Å². The topological polar surface area (TPSA) is 67.6 Å². The first-order valence-corrected chi connectivity index (χ1v) is 9.73. The lowest BCUT2D eigenvalue weighted by Crippen LogP contribution is -2.61.